The van der Waals surface area contributed by atoms with E-state index in [0.29, 0.717) is 24.3 Å². The van der Waals surface area contributed by atoms with Gasteiger partial charge >= 0.3 is 0 Å². The number of para-hydroxylation sites is 1. The van der Waals surface area contributed by atoms with Gasteiger partial charge in [-0.05, 0) is 5.56 Å². The number of benzene rings is 1. The number of halogens is 2. The van der Waals surface area contributed by atoms with Crippen molar-refractivity contribution < 1.29 is 13.5 Å². The molecule has 3 heteroatoms. The van der Waals surface area contributed by atoms with Gasteiger partial charge in [-0.3, -0.25) is 0 Å². The Bertz CT molecular complexity index is 374. The number of rotatable bonds is 4. The molecule has 0 atom stereocenters. The second-order valence-electron chi connectivity index (χ2n) is 4.29. The third-order valence-electron chi connectivity index (χ3n) is 2.86. The van der Waals surface area contributed by atoms with E-state index < -0.39 is 5.92 Å². The second kappa shape index (κ2) is 4.40. The molecule has 1 nitrogen and oxygen atoms in total. The fourth-order valence-corrected chi connectivity index (χ4v) is 2.16. The zero-order valence-corrected chi connectivity index (χ0v) is 9.43. The average Bonchev–Trinajstić information content (AvgIpc) is 2.65. The van der Waals surface area contributed by atoms with Crippen molar-refractivity contribution in [2.24, 2.45) is 0 Å². The van der Waals surface area contributed by atoms with Crippen molar-refractivity contribution in [3.05, 3.63) is 29.3 Å². The maximum atomic E-state index is 13.5. The molecule has 0 fully saturated rings. The fourth-order valence-electron chi connectivity index (χ4n) is 2.16. The van der Waals surface area contributed by atoms with E-state index in [1.54, 1.807) is 13.0 Å². The van der Waals surface area contributed by atoms with Gasteiger partial charge in [0.05, 0.1) is 6.61 Å². The number of hydrogen-bond acceptors (Lipinski definition) is 1. The summed E-state index contributed by atoms with van der Waals surface area (Å²) >= 11 is 0. The van der Waals surface area contributed by atoms with Gasteiger partial charge < -0.3 is 4.74 Å². The third-order valence-corrected chi connectivity index (χ3v) is 2.86. The van der Waals surface area contributed by atoms with Crippen LogP contribution in [0.1, 0.15) is 30.9 Å². The topological polar surface area (TPSA) is 9.23 Å². The molecule has 0 amide bonds. The Morgan fingerprint density at radius 3 is 2.94 bits per heavy atom. The Labute approximate surface area is 94.4 Å². The van der Waals surface area contributed by atoms with Gasteiger partial charge in [0.2, 0.25) is 0 Å². The van der Waals surface area contributed by atoms with Crippen molar-refractivity contribution in [1.29, 1.82) is 0 Å². The predicted molar refractivity (Wildman–Crippen MR) is 59.2 cm³/mol. The fraction of sp³-hybridized carbons (Fsp3) is 0.538. The number of fused-ring (bicyclic) bond motifs is 1. The molecule has 16 heavy (non-hydrogen) atoms. The van der Waals surface area contributed by atoms with Gasteiger partial charge in [-0.2, -0.15) is 0 Å². The molecule has 0 aliphatic carbocycles. The first-order valence-corrected chi connectivity index (χ1v) is 5.74. The number of ether oxygens (including phenoxy) is 1. The molecule has 1 aliphatic rings. The molecule has 0 saturated carbocycles. The molecule has 1 heterocycles. The van der Waals surface area contributed by atoms with Gasteiger partial charge in [0.25, 0.3) is 5.92 Å². The summed E-state index contributed by atoms with van der Waals surface area (Å²) in [7, 11) is 0. The minimum atomic E-state index is -2.62. The van der Waals surface area contributed by atoms with Crippen LogP contribution in [0, 0.1) is 0 Å². The molecule has 0 aromatic heterocycles. The van der Waals surface area contributed by atoms with Crippen LogP contribution in [-0.2, 0) is 12.8 Å². The summed E-state index contributed by atoms with van der Waals surface area (Å²) in [5.74, 6) is -1.92. The second-order valence-corrected chi connectivity index (χ2v) is 4.29. The first-order chi connectivity index (χ1) is 7.62. The zero-order chi connectivity index (χ0) is 11.6. The van der Waals surface area contributed by atoms with E-state index in [2.05, 4.69) is 0 Å². The standard InChI is InChI=1S/C13H16F2O/c1-2-7-13(14,15)9-11-5-3-4-10-6-8-16-12(10)11/h3-5H,2,6-9H2,1H3. The molecule has 0 radical (unpaired) electrons. The normalized spacial score (nSPS) is 14.7. The van der Waals surface area contributed by atoms with E-state index in [1.165, 1.54) is 0 Å². The van der Waals surface area contributed by atoms with Crippen LogP contribution in [0.2, 0.25) is 0 Å². The Morgan fingerprint density at radius 2 is 2.19 bits per heavy atom. The molecule has 2 rings (SSSR count). The van der Waals surface area contributed by atoms with Crippen LogP contribution in [0.15, 0.2) is 18.2 Å². The quantitative estimate of drug-likeness (QED) is 0.762. The van der Waals surface area contributed by atoms with Crippen molar-refractivity contribution in [3.63, 3.8) is 0 Å². The SMILES string of the molecule is CCCC(F)(F)Cc1cccc2c1OCC2. The van der Waals surface area contributed by atoms with Crippen LogP contribution < -0.4 is 4.74 Å². The zero-order valence-electron chi connectivity index (χ0n) is 9.43. The van der Waals surface area contributed by atoms with E-state index in [4.69, 9.17) is 4.74 Å². The van der Waals surface area contributed by atoms with Crippen LogP contribution in [-0.4, -0.2) is 12.5 Å². The van der Waals surface area contributed by atoms with Gasteiger partial charge in [0, 0.05) is 24.8 Å². The molecule has 1 aromatic carbocycles. The lowest BCUT2D eigenvalue weighted by atomic mass is 10.0. The van der Waals surface area contributed by atoms with E-state index in [1.807, 2.05) is 12.1 Å². The summed E-state index contributed by atoms with van der Waals surface area (Å²) in [6.45, 7) is 2.39. The molecule has 0 saturated heterocycles. The number of alkyl halides is 2. The van der Waals surface area contributed by atoms with Crippen molar-refractivity contribution in [3.8, 4) is 5.75 Å². The van der Waals surface area contributed by atoms with Crippen molar-refractivity contribution >= 4 is 0 Å². The Hall–Kier alpha value is -1.12. The minimum Gasteiger partial charge on any atom is -0.493 e. The molecular formula is C13H16F2O. The van der Waals surface area contributed by atoms with Crippen molar-refractivity contribution in [2.75, 3.05) is 6.61 Å². The lowest BCUT2D eigenvalue weighted by Gasteiger charge is -2.17. The molecular weight excluding hydrogens is 210 g/mol. The molecule has 0 unspecified atom stereocenters. The Balaban J connectivity index is 2.19. The predicted octanol–water partition coefficient (Wildman–Crippen LogP) is 3.60. The molecule has 0 spiro atoms. The highest BCUT2D eigenvalue weighted by atomic mass is 19.3. The summed E-state index contributed by atoms with van der Waals surface area (Å²) in [6, 6.07) is 5.53. The van der Waals surface area contributed by atoms with E-state index in [9.17, 15) is 8.78 Å². The Morgan fingerprint density at radius 1 is 1.38 bits per heavy atom. The third kappa shape index (κ3) is 2.34. The first-order valence-electron chi connectivity index (χ1n) is 5.74. The van der Waals surface area contributed by atoms with Crippen molar-refractivity contribution in [1.82, 2.24) is 0 Å². The van der Waals surface area contributed by atoms with Gasteiger partial charge in [-0.1, -0.05) is 31.5 Å². The number of hydrogen-bond donors (Lipinski definition) is 0. The lowest BCUT2D eigenvalue weighted by molar-refractivity contribution is -0.00820. The highest BCUT2D eigenvalue weighted by Gasteiger charge is 2.30. The van der Waals surface area contributed by atoms with Gasteiger partial charge in [-0.25, -0.2) is 8.78 Å². The smallest absolute Gasteiger partial charge is 0.252 e. The average molecular weight is 226 g/mol. The summed E-state index contributed by atoms with van der Waals surface area (Å²) in [4.78, 5) is 0. The van der Waals surface area contributed by atoms with Gasteiger partial charge in [0.1, 0.15) is 5.75 Å². The highest BCUT2D eigenvalue weighted by molar-refractivity contribution is 5.44. The van der Waals surface area contributed by atoms with Crippen LogP contribution in [0.25, 0.3) is 0 Å². The van der Waals surface area contributed by atoms with Gasteiger partial charge in [-0.15, -0.1) is 0 Å². The first kappa shape index (κ1) is 11.4. The molecule has 0 bridgehead atoms. The maximum absolute atomic E-state index is 13.5. The summed E-state index contributed by atoms with van der Waals surface area (Å²) in [5, 5.41) is 0. The molecule has 1 aliphatic heterocycles. The summed E-state index contributed by atoms with van der Waals surface area (Å²) in [6.07, 6.45) is 1.08. The van der Waals surface area contributed by atoms with E-state index >= 15 is 0 Å². The van der Waals surface area contributed by atoms with E-state index in [0.717, 1.165) is 12.0 Å². The monoisotopic (exact) mass is 226 g/mol. The van der Waals surface area contributed by atoms with E-state index in [-0.39, 0.29) is 12.8 Å². The molecule has 88 valence electrons. The summed E-state index contributed by atoms with van der Waals surface area (Å²) < 4.78 is 32.5. The maximum Gasteiger partial charge on any atom is 0.252 e. The Kier molecular flexibility index (Phi) is 3.13. The van der Waals surface area contributed by atoms with Crippen LogP contribution in [0.4, 0.5) is 8.78 Å². The van der Waals surface area contributed by atoms with Crippen LogP contribution in [0.5, 0.6) is 5.75 Å². The largest absolute Gasteiger partial charge is 0.493 e. The van der Waals surface area contributed by atoms with Crippen molar-refractivity contribution in [2.45, 2.75) is 38.5 Å². The van der Waals surface area contributed by atoms with Crippen LogP contribution in [0.3, 0.4) is 0 Å². The summed E-state index contributed by atoms with van der Waals surface area (Å²) in [5.41, 5.74) is 1.71. The van der Waals surface area contributed by atoms with Crippen LogP contribution >= 0.6 is 0 Å². The minimum absolute atomic E-state index is 0.0589. The molecule has 1 aromatic rings. The molecule has 0 N–H and O–H groups in total. The van der Waals surface area contributed by atoms with Gasteiger partial charge in [0.15, 0.2) is 0 Å². The lowest BCUT2D eigenvalue weighted by Crippen LogP contribution is -2.19. The highest BCUT2D eigenvalue weighted by Crippen LogP contribution is 2.34.